The smallest absolute Gasteiger partial charge is 0.306 e. The number of unbranched alkanes of at least 4 members (excludes halogenated alkanes) is 2. The average Bonchev–Trinajstić information content (AvgIpc) is 3.33. The van der Waals surface area contributed by atoms with Crippen LogP contribution >= 0.6 is 12.4 Å². The Balaban J connectivity index is 0.000000932. The van der Waals surface area contributed by atoms with Crippen molar-refractivity contribution in [2.75, 3.05) is 52.7 Å². The predicted molar refractivity (Wildman–Crippen MR) is 291 cm³/mol. The molecule has 4 aromatic carbocycles. The fourth-order valence-corrected chi connectivity index (χ4v) is 6.52. The normalized spacial score (nSPS) is 10.6. The van der Waals surface area contributed by atoms with Crippen LogP contribution in [-0.4, -0.2) is 86.1 Å². The Labute approximate surface area is 433 Å². The van der Waals surface area contributed by atoms with Gasteiger partial charge < -0.3 is 50.1 Å². The number of carbonyl (C=O) groups is 2. The zero-order valence-corrected chi connectivity index (χ0v) is 45.3. The molecule has 0 heterocycles. The third-order valence-electron chi connectivity index (χ3n) is 9.63. The van der Waals surface area contributed by atoms with E-state index < -0.39 is 5.60 Å². The molecule has 0 aliphatic rings. The number of ether oxygens (including phenoxy) is 6. The van der Waals surface area contributed by atoms with Crippen LogP contribution in [0.3, 0.4) is 0 Å². The van der Waals surface area contributed by atoms with Crippen molar-refractivity contribution in [1.82, 2.24) is 0 Å². The molecule has 4 aromatic rings. The number of halogens is 1. The third kappa shape index (κ3) is 37.6. The van der Waals surface area contributed by atoms with Crippen LogP contribution < -0.4 is 30.4 Å². The molecule has 0 saturated carbocycles. The SMILES string of the molecule is CC(C)(C)OC(=O)CCCCc1cccc(OCCO)c1.CCCOc1cccc(CCCCC(=O)OC(C)(C)C)c1.CCCOc1cccc(CCCN)c1.Cl.NCCCc1cccc(OCCO)c1. The Kier molecular flexibility index (Phi) is 37.9. The number of aryl methyl sites for hydroxylation is 4. The number of hydrogen-bond acceptors (Lipinski definition) is 12. The van der Waals surface area contributed by atoms with E-state index in [0.717, 1.165) is 120 Å². The molecule has 4 rings (SSSR count). The lowest BCUT2D eigenvalue weighted by Crippen LogP contribution is -2.23. The maximum Gasteiger partial charge on any atom is 0.306 e. The van der Waals surface area contributed by atoms with Gasteiger partial charge >= 0.3 is 11.9 Å². The molecular formula is C58H91ClN2O10. The number of esters is 2. The molecule has 0 bridgehead atoms. The van der Waals surface area contributed by atoms with Crippen LogP contribution in [0.1, 0.15) is 142 Å². The highest BCUT2D eigenvalue weighted by molar-refractivity contribution is 5.85. The van der Waals surface area contributed by atoms with Crippen molar-refractivity contribution in [3.05, 3.63) is 119 Å². The molecule has 0 aliphatic heterocycles. The van der Waals surface area contributed by atoms with Crippen LogP contribution in [0.2, 0.25) is 0 Å². The van der Waals surface area contributed by atoms with Gasteiger partial charge in [-0.15, -0.1) is 12.4 Å². The van der Waals surface area contributed by atoms with E-state index in [9.17, 15) is 9.59 Å². The number of nitrogens with two attached hydrogens (primary N) is 2. The van der Waals surface area contributed by atoms with Crippen molar-refractivity contribution >= 4 is 24.3 Å². The van der Waals surface area contributed by atoms with E-state index in [1.807, 2.05) is 108 Å². The molecule has 12 nitrogen and oxygen atoms in total. The Morgan fingerprint density at radius 2 is 0.732 bits per heavy atom. The van der Waals surface area contributed by atoms with Gasteiger partial charge in [0, 0.05) is 12.8 Å². The zero-order valence-electron chi connectivity index (χ0n) is 44.5. The fourth-order valence-electron chi connectivity index (χ4n) is 6.52. The van der Waals surface area contributed by atoms with E-state index in [1.165, 1.54) is 22.3 Å². The first kappa shape index (κ1) is 66.2. The monoisotopic (exact) mass is 1010 g/mol. The molecule has 0 fully saturated rings. The Morgan fingerprint density at radius 1 is 0.451 bits per heavy atom. The fraction of sp³-hybridized carbons (Fsp3) is 0.552. The van der Waals surface area contributed by atoms with Crippen molar-refractivity contribution in [2.24, 2.45) is 11.5 Å². The maximum atomic E-state index is 11.6. The van der Waals surface area contributed by atoms with Crippen molar-refractivity contribution in [3.63, 3.8) is 0 Å². The minimum absolute atomic E-state index is 0. The molecule has 71 heavy (non-hydrogen) atoms. The molecule has 0 unspecified atom stereocenters. The molecule has 0 saturated heterocycles. The van der Waals surface area contributed by atoms with Crippen molar-refractivity contribution in [1.29, 1.82) is 0 Å². The second-order valence-corrected chi connectivity index (χ2v) is 18.8. The topological polar surface area (TPSA) is 182 Å². The summed E-state index contributed by atoms with van der Waals surface area (Å²) in [6.07, 6.45) is 12.5. The number of aliphatic hydroxyl groups excluding tert-OH is 2. The predicted octanol–water partition coefficient (Wildman–Crippen LogP) is 11.4. The van der Waals surface area contributed by atoms with E-state index in [1.54, 1.807) is 0 Å². The number of rotatable bonds is 28. The minimum Gasteiger partial charge on any atom is -0.494 e. The Bertz CT molecular complexity index is 1760. The van der Waals surface area contributed by atoms with Crippen molar-refractivity contribution in [2.45, 2.75) is 156 Å². The van der Waals surface area contributed by atoms with Crippen LogP contribution in [0, 0.1) is 0 Å². The zero-order chi connectivity index (χ0) is 51.9. The summed E-state index contributed by atoms with van der Waals surface area (Å²) in [5.41, 5.74) is 15.1. The van der Waals surface area contributed by atoms with Gasteiger partial charge in [-0.1, -0.05) is 62.4 Å². The summed E-state index contributed by atoms with van der Waals surface area (Å²) in [6, 6.07) is 32.2. The van der Waals surface area contributed by atoms with Crippen LogP contribution in [-0.2, 0) is 44.7 Å². The van der Waals surface area contributed by atoms with Crippen molar-refractivity contribution < 1.29 is 48.2 Å². The Hall–Kier alpha value is -4.85. The van der Waals surface area contributed by atoms with E-state index in [4.69, 9.17) is 50.1 Å². The summed E-state index contributed by atoms with van der Waals surface area (Å²) < 4.78 is 32.4. The van der Waals surface area contributed by atoms with Gasteiger partial charge in [-0.05, 0) is 202 Å². The first-order chi connectivity index (χ1) is 33.5. The molecule has 0 aromatic heterocycles. The van der Waals surface area contributed by atoms with Gasteiger partial charge in [0.1, 0.15) is 47.4 Å². The van der Waals surface area contributed by atoms with Gasteiger partial charge in [-0.2, -0.15) is 0 Å². The molecule has 0 atom stereocenters. The lowest BCUT2D eigenvalue weighted by molar-refractivity contribution is -0.156. The van der Waals surface area contributed by atoms with E-state index in [0.29, 0.717) is 32.6 Å². The van der Waals surface area contributed by atoms with Gasteiger partial charge in [0.05, 0.1) is 26.4 Å². The lowest BCUT2D eigenvalue weighted by Gasteiger charge is -2.19. The minimum atomic E-state index is -0.407. The highest BCUT2D eigenvalue weighted by Gasteiger charge is 2.16. The molecule has 13 heteroatoms. The van der Waals surface area contributed by atoms with Crippen LogP contribution in [0.15, 0.2) is 97.1 Å². The van der Waals surface area contributed by atoms with Crippen LogP contribution in [0.5, 0.6) is 23.0 Å². The van der Waals surface area contributed by atoms with Crippen LogP contribution in [0.25, 0.3) is 0 Å². The summed E-state index contributed by atoms with van der Waals surface area (Å²) in [4.78, 5) is 23.2. The second kappa shape index (κ2) is 40.7. The van der Waals surface area contributed by atoms with Crippen LogP contribution in [0.4, 0.5) is 0 Å². The third-order valence-corrected chi connectivity index (χ3v) is 9.63. The van der Waals surface area contributed by atoms with Gasteiger partial charge in [-0.25, -0.2) is 0 Å². The number of hydrogen-bond donors (Lipinski definition) is 4. The highest BCUT2D eigenvalue weighted by atomic mass is 35.5. The molecule has 0 aliphatic carbocycles. The summed E-state index contributed by atoms with van der Waals surface area (Å²) >= 11 is 0. The summed E-state index contributed by atoms with van der Waals surface area (Å²) in [6.45, 7) is 19.2. The first-order valence-corrected chi connectivity index (χ1v) is 25.5. The Morgan fingerprint density at radius 3 is 0.986 bits per heavy atom. The first-order valence-electron chi connectivity index (χ1n) is 25.5. The van der Waals surface area contributed by atoms with E-state index in [2.05, 4.69) is 44.2 Å². The van der Waals surface area contributed by atoms with Crippen molar-refractivity contribution in [3.8, 4) is 23.0 Å². The van der Waals surface area contributed by atoms with E-state index >= 15 is 0 Å². The summed E-state index contributed by atoms with van der Waals surface area (Å²) in [5.74, 6) is 3.25. The molecule has 0 radical (unpaired) electrons. The largest absolute Gasteiger partial charge is 0.494 e. The quantitative estimate of drug-likeness (QED) is 0.0313. The van der Waals surface area contributed by atoms with Gasteiger partial charge in [0.15, 0.2) is 0 Å². The number of aliphatic hydroxyl groups is 2. The van der Waals surface area contributed by atoms with E-state index in [-0.39, 0.29) is 43.2 Å². The van der Waals surface area contributed by atoms with Gasteiger partial charge in [-0.3, -0.25) is 9.59 Å². The maximum absolute atomic E-state index is 11.6. The van der Waals surface area contributed by atoms with Gasteiger partial charge in [0.2, 0.25) is 0 Å². The number of benzene rings is 4. The van der Waals surface area contributed by atoms with Gasteiger partial charge in [0.25, 0.3) is 0 Å². The average molecular weight is 1010 g/mol. The summed E-state index contributed by atoms with van der Waals surface area (Å²) in [5, 5.41) is 17.3. The molecular weight excluding hydrogens is 920 g/mol. The number of carbonyl (C=O) groups excluding carboxylic acids is 2. The second-order valence-electron chi connectivity index (χ2n) is 18.8. The summed E-state index contributed by atoms with van der Waals surface area (Å²) in [7, 11) is 0. The molecule has 0 spiro atoms. The highest BCUT2D eigenvalue weighted by Crippen LogP contribution is 2.19. The lowest BCUT2D eigenvalue weighted by atomic mass is 10.1. The molecule has 400 valence electrons. The molecule has 6 N–H and O–H groups in total. The molecule has 0 amide bonds. The standard InChI is InChI=1S/C18H28O3.C17H26O4.C12H19NO.C11H17NO2.ClH/c1-5-13-20-16-11-8-10-15(14-16)9-6-7-12-17(19)21-18(2,3)4;1-17(2,3)21-16(19)10-5-4-7-14-8-6-9-15(13-14)20-12-11-18;1-2-9-14-12-7-3-5-11(10-12)6-4-8-13;12-6-2-4-10-3-1-5-11(9-10)14-8-7-13;/h8,10-11,14H,5-7,9,12-13H2,1-4H3;6,8-9,13,18H,4-5,7,10-12H2,1-3H3;3,5,7,10H,2,4,6,8-9,13H2,1H3;1,3,5,9,13H,2,4,6-8,12H2;1H.